The van der Waals surface area contributed by atoms with Crippen LogP contribution in [0.1, 0.15) is 61.9 Å². The van der Waals surface area contributed by atoms with Crippen LogP contribution in [0.25, 0.3) is 0 Å². The van der Waals surface area contributed by atoms with Gasteiger partial charge in [0, 0.05) is 17.4 Å². The molecule has 22 heavy (non-hydrogen) atoms. The van der Waals surface area contributed by atoms with Crippen molar-refractivity contribution in [3.05, 3.63) is 53.6 Å². The highest BCUT2D eigenvalue weighted by atomic mass is 15.3. The molecule has 3 nitrogen and oxygen atoms in total. The normalized spacial score (nSPS) is 22.8. The van der Waals surface area contributed by atoms with Crippen LogP contribution in [0.2, 0.25) is 0 Å². The summed E-state index contributed by atoms with van der Waals surface area (Å²) in [5, 5.41) is 0. The molecular weight excluding hydrogens is 270 g/mol. The average molecular weight is 293 g/mol. The largest absolute Gasteiger partial charge is 0.353 e. The Kier molecular flexibility index (Phi) is 3.17. The molecule has 1 aromatic heterocycles. The lowest BCUT2D eigenvalue weighted by molar-refractivity contribution is 0.283. The minimum atomic E-state index is 0.0976. The van der Waals surface area contributed by atoms with Crippen molar-refractivity contribution < 1.29 is 0 Å². The molecule has 114 valence electrons. The second-order valence-corrected chi connectivity index (χ2v) is 6.75. The summed E-state index contributed by atoms with van der Waals surface area (Å²) >= 11 is 0. The van der Waals surface area contributed by atoms with E-state index in [1.807, 2.05) is 0 Å². The van der Waals surface area contributed by atoms with Crippen molar-refractivity contribution >= 4 is 5.69 Å². The maximum atomic E-state index is 4.64. The summed E-state index contributed by atoms with van der Waals surface area (Å²) in [6.07, 6.45) is 10.1. The maximum absolute atomic E-state index is 4.64. The van der Waals surface area contributed by atoms with E-state index in [1.165, 1.54) is 54.6 Å². The van der Waals surface area contributed by atoms with E-state index in [0.29, 0.717) is 6.04 Å². The zero-order valence-electron chi connectivity index (χ0n) is 13.4. The monoisotopic (exact) mass is 293 g/mol. The third kappa shape index (κ3) is 1.81. The van der Waals surface area contributed by atoms with E-state index >= 15 is 0 Å². The predicted molar refractivity (Wildman–Crippen MR) is 88.9 cm³/mol. The van der Waals surface area contributed by atoms with E-state index in [2.05, 4.69) is 59.2 Å². The predicted octanol–water partition coefficient (Wildman–Crippen LogP) is 4.53. The molecule has 2 aliphatic rings. The summed E-state index contributed by atoms with van der Waals surface area (Å²) in [7, 11) is 0. The Balaban J connectivity index is 1.92. The van der Waals surface area contributed by atoms with Crippen LogP contribution >= 0.6 is 0 Å². The molecule has 0 bridgehead atoms. The molecule has 0 saturated heterocycles. The summed E-state index contributed by atoms with van der Waals surface area (Å²) < 4.78 is 0. The fraction of sp³-hybridized carbons (Fsp3) is 0.474. The van der Waals surface area contributed by atoms with Crippen LogP contribution < -0.4 is 4.90 Å². The summed E-state index contributed by atoms with van der Waals surface area (Å²) in [4.78, 5) is 11.6. The van der Waals surface area contributed by atoms with Crippen molar-refractivity contribution in [2.24, 2.45) is 0 Å². The molecule has 1 saturated carbocycles. The first kappa shape index (κ1) is 13.7. The lowest BCUT2D eigenvalue weighted by Gasteiger charge is -2.45. The summed E-state index contributed by atoms with van der Waals surface area (Å²) in [6, 6.07) is 9.08. The molecule has 1 spiro atoms. The molecule has 3 heteroatoms. The highest BCUT2D eigenvalue weighted by Crippen LogP contribution is 2.54. The number of aryl methyl sites for hydroxylation is 1. The first-order chi connectivity index (χ1) is 10.7. The van der Waals surface area contributed by atoms with Crippen LogP contribution in [0.5, 0.6) is 0 Å². The highest BCUT2D eigenvalue weighted by Gasteiger charge is 2.50. The Morgan fingerprint density at radius 1 is 1.14 bits per heavy atom. The van der Waals surface area contributed by atoms with Crippen LogP contribution in [0, 0.1) is 6.92 Å². The van der Waals surface area contributed by atoms with Gasteiger partial charge >= 0.3 is 0 Å². The Hall–Kier alpha value is -1.90. The number of nitrogens with zero attached hydrogens (tertiary/aromatic N) is 3. The zero-order chi connectivity index (χ0) is 15.2. The van der Waals surface area contributed by atoms with Gasteiger partial charge in [-0.3, -0.25) is 0 Å². The fourth-order valence-electron chi connectivity index (χ4n) is 4.57. The van der Waals surface area contributed by atoms with E-state index in [1.54, 1.807) is 6.33 Å². The maximum Gasteiger partial charge on any atom is 0.115 e. The van der Waals surface area contributed by atoms with E-state index in [-0.39, 0.29) is 5.54 Å². The van der Waals surface area contributed by atoms with Crippen molar-refractivity contribution in [3.63, 3.8) is 0 Å². The first-order valence-corrected chi connectivity index (χ1v) is 8.39. The molecular formula is C19H23N3. The van der Waals surface area contributed by atoms with Gasteiger partial charge in [-0.25, -0.2) is 9.97 Å². The van der Waals surface area contributed by atoms with E-state index < -0.39 is 0 Å². The standard InChI is InChI=1S/C19H23N3/c1-14-8-4-5-9-17(14)22-15(2)18-16(12-20-13-21-18)19(22)10-6-3-7-11-19/h4-5,8-9,12-13,15H,3,6-7,10-11H2,1-2H3. The quantitative estimate of drug-likeness (QED) is 0.773. The second-order valence-electron chi connectivity index (χ2n) is 6.75. The SMILES string of the molecule is Cc1ccccc1N1C(C)c2ncncc2C12CCCCC2. The molecule has 0 N–H and O–H groups in total. The van der Waals surface area contributed by atoms with Gasteiger partial charge in [-0.05, 0) is 38.3 Å². The van der Waals surface area contributed by atoms with E-state index in [4.69, 9.17) is 0 Å². The fourth-order valence-corrected chi connectivity index (χ4v) is 4.57. The Morgan fingerprint density at radius 2 is 1.91 bits per heavy atom. The molecule has 1 unspecified atom stereocenters. The van der Waals surface area contributed by atoms with E-state index in [0.717, 1.165) is 0 Å². The minimum Gasteiger partial charge on any atom is -0.353 e. The lowest BCUT2D eigenvalue weighted by Crippen LogP contribution is -2.44. The molecule has 1 aliphatic carbocycles. The summed E-state index contributed by atoms with van der Waals surface area (Å²) in [6.45, 7) is 4.51. The molecule has 1 fully saturated rings. The zero-order valence-corrected chi connectivity index (χ0v) is 13.4. The number of benzene rings is 1. The number of hydrogen-bond donors (Lipinski definition) is 0. The molecule has 0 amide bonds. The van der Waals surface area contributed by atoms with Gasteiger partial charge in [0.05, 0.1) is 17.3 Å². The minimum absolute atomic E-state index is 0.0976. The van der Waals surface area contributed by atoms with Gasteiger partial charge in [0.25, 0.3) is 0 Å². The third-order valence-electron chi connectivity index (χ3n) is 5.54. The van der Waals surface area contributed by atoms with Crippen LogP contribution in [-0.4, -0.2) is 9.97 Å². The average Bonchev–Trinajstić information content (AvgIpc) is 2.79. The van der Waals surface area contributed by atoms with E-state index in [9.17, 15) is 0 Å². The summed E-state index contributed by atoms with van der Waals surface area (Å²) in [5.74, 6) is 0. The van der Waals surface area contributed by atoms with Crippen molar-refractivity contribution in [2.75, 3.05) is 4.90 Å². The summed E-state index contributed by atoms with van der Waals surface area (Å²) in [5.41, 5.74) is 5.39. The van der Waals surface area contributed by atoms with Crippen LogP contribution in [0.15, 0.2) is 36.8 Å². The lowest BCUT2D eigenvalue weighted by atomic mass is 9.77. The van der Waals surface area contributed by atoms with Gasteiger partial charge in [0.2, 0.25) is 0 Å². The van der Waals surface area contributed by atoms with Gasteiger partial charge in [0.15, 0.2) is 0 Å². The van der Waals surface area contributed by atoms with Crippen LogP contribution in [-0.2, 0) is 5.54 Å². The molecule has 4 rings (SSSR count). The third-order valence-corrected chi connectivity index (χ3v) is 5.54. The Bertz CT molecular complexity index is 689. The molecule has 0 radical (unpaired) electrons. The van der Waals surface area contributed by atoms with Gasteiger partial charge in [-0.15, -0.1) is 0 Å². The molecule has 2 aromatic rings. The topological polar surface area (TPSA) is 29.0 Å². The molecule has 1 atom stereocenters. The first-order valence-electron chi connectivity index (χ1n) is 8.39. The van der Waals surface area contributed by atoms with Gasteiger partial charge in [0.1, 0.15) is 6.33 Å². The smallest absolute Gasteiger partial charge is 0.115 e. The molecule has 1 aromatic carbocycles. The van der Waals surface area contributed by atoms with Crippen molar-refractivity contribution in [3.8, 4) is 0 Å². The Labute approximate surface area is 132 Å². The van der Waals surface area contributed by atoms with Crippen molar-refractivity contribution in [1.29, 1.82) is 0 Å². The van der Waals surface area contributed by atoms with Gasteiger partial charge in [-0.1, -0.05) is 37.5 Å². The molecule has 1 aliphatic heterocycles. The van der Waals surface area contributed by atoms with Crippen LogP contribution in [0.3, 0.4) is 0 Å². The number of hydrogen-bond acceptors (Lipinski definition) is 3. The Morgan fingerprint density at radius 3 is 2.68 bits per heavy atom. The highest BCUT2D eigenvalue weighted by molar-refractivity contribution is 5.62. The number of anilines is 1. The number of aromatic nitrogens is 2. The van der Waals surface area contributed by atoms with Crippen molar-refractivity contribution in [1.82, 2.24) is 9.97 Å². The van der Waals surface area contributed by atoms with Crippen molar-refractivity contribution in [2.45, 2.75) is 57.5 Å². The van der Waals surface area contributed by atoms with Gasteiger partial charge in [-0.2, -0.15) is 0 Å². The van der Waals surface area contributed by atoms with Gasteiger partial charge < -0.3 is 4.90 Å². The second kappa shape index (κ2) is 5.08. The number of rotatable bonds is 1. The number of fused-ring (bicyclic) bond motifs is 2. The molecule has 2 heterocycles. The van der Waals surface area contributed by atoms with Crippen LogP contribution in [0.4, 0.5) is 5.69 Å². The number of para-hydroxylation sites is 1.